The molecule has 1 aliphatic rings. The minimum atomic E-state index is 0.00807. The summed E-state index contributed by atoms with van der Waals surface area (Å²) in [5.41, 5.74) is 7.73. The third-order valence-electron chi connectivity index (χ3n) is 4.32. The summed E-state index contributed by atoms with van der Waals surface area (Å²) in [6.45, 7) is 0.447. The monoisotopic (exact) mass is 325 g/mol. The second-order valence-electron chi connectivity index (χ2n) is 6.29. The highest BCUT2D eigenvalue weighted by atomic mass is 16.5. The SMILES string of the molecule is NC1CCCC(C(=O)Nc2cccc(OCc3cccnc3)c2)C1. The van der Waals surface area contributed by atoms with E-state index in [9.17, 15) is 4.79 Å². The molecule has 1 heterocycles. The Morgan fingerprint density at radius 2 is 2.21 bits per heavy atom. The number of aromatic nitrogens is 1. The lowest BCUT2D eigenvalue weighted by atomic mass is 9.85. The van der Waals surface area contributed by atoms with Crippen molar-refractivity contribution in [1.82, 2.24) is 4.98 Å². The Labute approximate surface area is 142 Å². The molecule has 0 radical (unpaired) electrons. The summed E-state index contributed by atoms with van der Waals surface area (Å²) in [5.74, 6) is 0.778. The highest BCUT2D eigenvalue weighted by Gasteiger charge is 2.25. The molecule has 2 aromatic rings. The Kier molecular flexibility index (Phi) is 5.43. The molecule has 2 atom stereocenters. The minimum Gasteiger partial charge on any atom is -0.489 e. The van der Waals surface area contributed by atoms with Gasteiger partial charge in [0.15, 0.2) is 0 Å². The van der Waals surface area contributed by atoms with Crippen LogP contribution in [0.3, 0.4) is 0 Å². The molecule has 1 amide bonds. The number of amides is 1. The van der Waals surface area contributed by atoms with Crippen molar-refractivity contribution in [2.45, 2.75) is 38.3 Å². The molecule has 3 N–H and O–H groups in total. The Bertz CT molecular complexity index is 675. The van der Waals surface area contributed by atoms with Crippen LogP contribution in [0, 0.1) is 5.92 Å². The van der Waals surface area contributed by atoms with Gasteiger partial charge in [-0.3, -0.25) is 9.78 Å². The number of carbonyl (C=O) groups is 1. The molecule has 1 aromatic carbocycles. The summed E-state index contributed by atoms with van der Waals surface area (Å²) in [5, 5.41) is 2.98. The van der Waals surface area contributed by atoms with Crippen LogP contribution >= 0.6 is 0 Å². The number of hydrogen-bond acceptors (Lipinski definition) is 4. The molecular formula is C19H23N3O2. The van der Waals surface area contributed by atoms with Crippen molar-refractivity contribution in [1.29, 1.82) is 0 Å². The third-order valence-corrected chi connectivity index (χ3v) is 4.32. The molecule has 0 spiro atoms. The number of nitrogens with zero attached hydrogens (tertiary/aromatic N) is 1. The van der Waals surface area contributed by atoms with Crippen LogP contribution < -0.4 is 15.8 Å². The van der Waals surface area contributed by atoms with Gasteiger partial charge in [-0.05, 0) is 37.5 Å². The lowest BCUT2D eigenvalue weighted by Crippen LogP contribution is -2.34. The summed E-state index contributed by atoms with van der Waals surface area (Å²) >= 11 is 0. The van der Waals surface area contributed by atoms with Gasteiger partial charge in [0, 0.05) is 41.7 Å². The first kappa shape index (κ1) is 16.5. The van der Waals surface area contributed by atoms with E-state index in [1.165, 1.54) is 0 Å². The van der Waals surface area contributed by atoms with Crippen LogP contribution in [0.25, 0.3) is 0 Å². The van der Waals surface area contributed by atoms with Crippen molar-refractivity contribution in [3.8, 4) is 5.75 Å². The molecule has 1 aliphatic carbocycles. The molecule has 5 heteroatoms. The van der Waals surface area contributed by atoms with E-state index in [0.717, 1.165) is 42.7 Å². The zero-order valence-electron chi connectivity index (χ0n) is 13.7. The van der Waals surface area contributed by atoms with Gasteiger partial charge < -0.3 is 15.8 Å². The number of anilines is 1. The number of benzene rings is 1. The number of ether oxygens (including phenoxy) is 1. The average molecular weight is 325 g/mol. The number of nitrogens with two attached hydrogens (primary N) is 1. The summed E-state index contributed by atoms with van der Waals surface area (Å²) < 4.78 is 5.77. The second-order valence-corrected chi connectivity index (χ2v) is 6.29. The highest BCUT2D eigenvalue weighted by Crippen LogP contribution is 2.25. The number of nitrogens with one attached hydrogen (secondary N) is 1. The Morgan fingerprint density at radius 3 is 3.00 bits per heavy atom. The molecule has 1 saturated carbocycles. The van der Waals surface area contributed by atoms with Gasteiger partial charge in [0.1, 0.15) is 12.4 Å². The van der Waals surface area contributed by atoms with Crippen LogP contribution in [0.15, 0.2) is 48.8 Å². The van der Waals surface area contributed by atoms with E-state index in [1.54, 1.807) is 12.4 Å². The fraction of sp³-hybridized carbons (Fsp3) is 0.368. The van der Waals surface area contributed by atoms with Crippen molar-refractivity contribution in [2.24, 2.45) is 11.7 Å². The summed E-state index contributed by atoms with van der Waals surface area (Å²) in [7, 11) is 0. The van der Waals surface area contributed by atoms with E-state index in [1.807, 2.05) is 36.4 Å². The minimum absolute atomic E-state index is 0.00807. The molecule has 0 aliphatic heterocycles. The fourth-order valence-corrected chi connectivity index (χ4v) is 3.02. The topological polar surface area (TPSA) is 77.2 Å². The van der Waals surface area contributed by atoms with Gasteiger partial charge in [-0.2, -0.15) is 0 Å². The smallest absolute Gasteiger partial charge is 0.227 e. The quantitative estimate of drug-likeness (QED) is 0.885. The van der Waals surface area contributed by atoms with Crippen molar-refractivity contribution in [2.75, 3.05) is 5.32 Å². The van der Waals surface area contributed by atoms with Crippen LogP contribution in [0.1, 0.15) is 31.2 Å². The number of pyridine rings is 1. The summed E-state index contributed by atoms with van der Waals surface area (Å²) in [4.78, 5) is 16.5. The first-order chi connectivity index (χ1) is 11.7. The maximum Gasteiger partial charge on any atom is 0.227 e. The largest absolute Gasteiger partial charge is 0.489 e. The van der Waals surface area contributed by atoms with Crippen molar-refractivity contribution in [3.05, 3.63) is 54.4 Å². The molecule has 5 nitrogen and oxygen atoms in total. The zero-order chi connectivity index (χ0) is 16.8. The lowest BCUT2D eigenvalue weighted by Gasteiger charge is -2.25. The van der Waals surface area contributed by atoms with Gasteiger partial charge in [-0.15, -0.1) is 0 Å². The summed E-state index contributed by atoms with van der Waals surface area (Å²) in [6.07, 6.45) is 7.23. The normalized spacial score (nSPS) is 20.4. The van der Waals surface area contributed by atoms with Crippen molar-refractivity contribution in [3.63, 3.8) is 0 Å². The van der Waals surface area contributed by atoms with Gasteiger partial charge in [-0.25, -0.2) is 0 Å². The van der Waals surface area contributed by atoms with Gasteiger partial charge >= 0.3 is 0 Å². The van der Waals surface area contributed by atoms with E-state index in [2.05, 4.69) is 10.3 Å². The Balaban J connectivity index is 1.57. The van der Waals surface area contributed by atoms with Crippen LogP contribution in [-0.2, 0) is 11.4 Å². The first-order valence-corrected chi connectivity index (χ1v) is 8.39. The maximum absolute atomic E-state index is 12.4. The Hall–Kier alpha value is -2.40. The molecule has 24 heavy (non-hydrogen) atoms. The maximum atomic E-state index is 12.4. The van der Waals surface area contributed by atoms with Crippen molar-refractivity contribution >= 4 is 11.6 Å². The molecule has 2 unspecified atom stereocenters. The number of rotatable bonds is 5. The second kappa shape index (κ2) is 7.93. The van der Waals surface area contributed by atoms with Gasteiger partial charge in [0.25, 0.3) is 0 Å². The van der Waals surface area contributed by atoms with Gasteiger partial charge in [0.2, 0.25) is 5.91 Å². The van der Waals surface area contributed by atoms with E-state index < -0.39 is 0 Å². The van der Waals surface area contributed by atoms with E-state index in [-0.39, 0.29) is 17.9 Å². The summed E-state index contributed by atoms with van der Waals surface area (Å²) in [6, 6.07) is 11.5. The fourth-order valence-electron chi connectivity index (χ4n) is 3.02. The van der Waals surface area contributed by atoms with Crippen LogP contribution in [0.2, 0.25) is 0 Å². The molecule has 1 aromatic heterocycles. The van der Waals surface area contributed by atoms with E-state index in [4.69, 9.17) is 10.5 Å². The molecule has 0 saturated heterocycles. The Morgan fingerprint density at radius 1 is 1.29 bits per heavy atom. The van der Waals surface area contributed by atoms with Gasteiger partial charge in [0.05, 0.1) is 0 Å². The number of carbonyl (C=O) groups excluding carboxylic acids is 1. The number of hydrogen-bond donors (Lipinski definition) is 2. The van der Waals surface area contributed by atoms with Crippen LogP contribution in [0.4, 0.5) is 5.69 Å². The van der Waals surface area contributed by atoms with Gasteiger partial charge in [-0.1, -0.05) is 18.6 Å². The predicted molar refractivity (Wildman–Crippen MR) is 93.6 cm³/mol. The molecule has 0 bridgehead atoms. The van der Waals surface area contributed by atoms with E-state index in [0.29, 0.717) is 6.61 Å². The third kappa shape index (κ3) is 4.55. The molecular weight excluding hydrogens is 302 g/mol. The van der Waals surface area contributed by atoms with E-state index >= 15 is 0 Å². The molecule has 126 valence electrons. The average Bonchev–Trinajstić information content (AvgIpc) is 2.61. The standard InChI is InChI=1S/C19H23N3O2/c20-16-6-1-5-15(10-16)19(23)22-17-7-2-8-18(11-17)24-13-14-4-3-9-21-12-14/h2-4,7-9,11-12,15-16H,1,5-6,10,13,20H2,(H,22,23). The molecule has 3 rings (SSSR count). The highest BCUT2D eigenvalue weighted by molar-refractivity contribution is 5.92. The zero-order valence-corrected chi connectivity index (χ0v) is 13.7. The molecule has 1 fully saturated rings. The van der Waals surface area contributed by atoms with Crippen LogP contribution in [-0.4, -0.2) is 16.9 Å². The van der Waals surface area contributed by atoms with Crippen molar-refractivity contribution < 1.29 is 9.53 Å². The first-order valence-electron chi connectivity index (χ1n) is 8.39. The van der Waals surface area contributed by atoms with Crippen LogP contribution in [0.5, 0.6) is 5.75 Å². The lowest BCUT2D eigenvalue weighted by molar-refractivity contribution is -0.120. The predicted octanol–water partition coefficient (Wildman–Crippen LogP) is 3.12.